The van der Waals surface area contributed by atoms with E-state index in [1.807, 2.05) is 11.3 Å². The Balaban J connectivity index is 0.000000617. The lowest BCUT2D eigenvalue weighted by molar-refractivity contribution is -0.600. The molecule has 1 aliphatic carbocycles. The molecule has 4 aromatic rings. The number of benzene rings is 3. The first-order valence-corrected chi connectivity index (χ1v) is 14.1. The number of aryl methyl sites for hydroxylation is 2. The molecule has 38 heavy (non-hydrogen) atoms. The number of hydrogen-bond acceptors (Lipinski definition) is 1. The fourth-order valence-corrected chi connectivity index (χ4v) is 6.47. The molecule has 1 heterocycles. The molecule has 1 aliphatic rings. The van der Waals surface area contributed by atoms with Gasteiger partial charge >= 0.3 is 7.25 Å². The third kappa shape index (κ3) is 6.93. The Morgan fingerprint density at radius 1 is 0.737 bits per heavy atom. The summed E-state index contributed by atoms with van der Waals surface area (Å²) in [6.45, 7) is 7.00. The van der Waals surface area contributed by atoms with Gasteiger partial charge in [0.15, 0.2) is 0 Å². The smallest absolute Gasteiger partial charge is 0.418 e. The van der Waals surface area contributed by atoms with E-state index in [1.54, 1.807) is 10.6 Å². The molecular formula is C31H34BF4NS. The average molecular weight is 539 g/mol. The molecule has 200 valence electrons. The van der Waals surface area contributed by atoms with Gasteiger partial charge in [0.1, 0.15) is 0 Å². The largest absolute Gasteiger partial charge is 0.673 e. The van der Waals surface area contributed by atoms with Gasteiger partial charge in [-0.2, -0.15) is 4.57 Å². The van der Waals surface area contributed by atoms with E-state index in [-0.39, 0.29) is 0 Å². The predicted molar refractivity (Wildman–Crippen MR) is 150 cm³/mol. The quantitative estimate of drug-likeness (QED) is 0.103. The lowest BCUT2D eigenvalue weighted by Gasteiger charge is -2.21. The number of hydrogen-bond donors (Lipinski definition) is 0. The van der Waals surface area contributed by atoms with Crippen molar-refractivity contribution in [1.82, 2.24) is 0 Å². The van der Waals surface area contributed by atoms with Gasteiger partial charge in [0, 0.05) is 29.4 Å². The first kappa shape index (κ1) is 28.1. The second-order valence-electron chi connectivity index (χ2n) is 10.1. The van der Waals surface area contributed by atoms with Crippen LogP contribution >= 0.6 is 11.3 Å². The number of fused-ring (bicyclic) bond motifs is 1. The molecule has 7 heteroatoms. The minimum atomic E-state index is -6.00. The number of thiazole rings is 1. The highest BCUT2D eigenvalue weighted by atomic mass is 32.1. The zero-order valence-corrected chi connectivity index (χ0v) is 23.0. The molecule has 1 aromatic heterocycles. The van der Waals surface area contributed by atoms with Crippen LogP contribution in [0, 0.1) is 6.92 Å². The number of halogens is 4. The van der Waals surface area contributed by atoms with Gasteiger partial charge in [0.05, 0.1) is 4.88 Å². The van der Waals surface area contributed by atoms with Gasteiger partial charge < -0.3 is 17.3 Å². The van der Waals surface area contributed by atoms with E-state index in [0.29, 0.717) is 11.8 Å². The van der Waals surface area contributed by atoms with Crippen molar-refractivity contribution in [3.05, 3.63) is 117 Å². The molecule has 0 unspecified atom stereocenters. The Bertz CT molecular complexity index is 1260. The summed E-state index contributed by atoms with van der Waals surface area (Å²) in [5.41, 5.74) is 12.3. The molecule has 0 amide bonds. The highest BCUT2D eigenvalue weighted by molar-refractivity contribution is 7.09. The van der Waals surface area contributed by atoms with E-state index < -0.39 is 7.25 Å². The molecule has 0 aliphatic heterocycles. The Kier molecular flexibility index (Phi) is 9.09. The fourth-order valence-electron chi connectivity index (χ4n) is 5.40. The van der Waals surface area contributed by atoms with Crippen LogP contribution in [0.15, 0.2) is 78.3 Å². The van der Waals surface area contributed by atoms with E-state index >= 15 is 0 Å². The highest BCUT2D eigenvalue weighted by Gasteiger charge is 2.32. The second-order valence-corrected chi connectivity index (χ2v) is 11.0. The summed E-state index contributed by atoms with van der Waals surface area (Å²) in [4.78, 5) is 1.59. The number of nitrogens with zero attached hydrogens (tertiary/aromatic N) is 1. The van der Waals surface area contributed by atoms with E-state index in [0.717, 1.165) is 0 Å². The van der Waals surface area contributed by atoms with Crippen molar-refractivity contribution in [2.75, 3.05) is 0 Å². The van der Waals surface area contributed by atoms with Gasteiger partial charge in [-0.05, 0) is 49.4 Å². The van der Waals surface area contributed by atoms with E-state index in [4.69, 9.17) is 0 Å². The molecule has 0 saturated carbocycles. The Morgan fingerprint density at radius 2 is 1.21 bits per heavy atom. The zero-order chi connectivity index (χ0) is 27.3. The highest BCUT2D eigenvalue weighted by Crippen LogP contribution is 2.37. The topological polar surface area (TPSA) is 3.88 Å². The molecule has 0 spiro atoms. The van der Waals surface area contributed by atoms with Crippen molar-refractivity contribution in [3.63, 3.8) is 0 Å². The van der Waals surface area contributed by atoms with Crippen molar-refractivity contribution in [3.8, 4) is 5.69 Å². The van der Waals surface area contributed by atoms with Gasteiger partial charge in [0.2, 0.25) is 16.9 Å². The lowest BCUT2D eigenvalue weighted by Crippen LogP contribution is -2.36. The molecule has 0 saturated heterocycles. The van der Waals surface area contributed by atoms with Crippen molar-refractivity contribution >= 4 is 18.6 Å². The zero-order valence-electron chi connectivity index (χ0n) is 22.1. The fraction of sp³-hybridized carbons (Fsp3) is 0.323. The number of rotatable bonds is 5. The molecule has 0 fully saturated rings. The van der Waals surface area contributed by atoms with Crippen LogP contribution in [0.25, 0.3) is 5.69 Å². The SMILES string of the molecule is Cc1cc([C@H](C)c2ccccc2)c(-[n+]2csc3c2CCCCC3)c([C@H](C)c2ccccc2)c1.F[B-](F)(F)F. The average Bonchev–Trinajstić information content (AvgIpc) is 3.14. The predicted octanol–water partition coefficient (Wildman–Crippen LogP) is 9.21. The standard InChI is InChI=1S/C31H34NS.BF4/c1-22-19-27(23(2)25-13-7-4-8-14-25)31(28(20-22)24(3)26-15-9-5-10-16-26)32-21-33-30-18-12-6-11-17-29(30)32;2-1(3,4)5/h4-5,7-10,13-16,19-21,23-24H,6,11-12,17-18H2,1-3H3;/q+1;-1/t23-,24-;/m1./s1. The van der Waals surface area contributed by atoms with Crippen LogP contribution in [0.3, 0.4) is 0 Å². The molecule has 3 aromatic carbocycles. The molecule has 0 radical (unpaired) electrons. The molecule has 0 N–H and O–H groups in total. The first-order valence-electron chi connectivity index (χ1n) is 13.3. The summed E-state index contributed by atoms with van der Waals surface area (Å²) in [7, 11) is -6.00. The third-order valence-electron chi connectivity index (χ3n) is 7.32. The summed E-state index contributed by atoms with van der Waals surface area (Å²) < 4.78 is 41.6. The van der Waals surface area contributed by atoms with Crippen LogP contribution in [0.2, 0.25) is 0 Å². The molecule has 0 bridgehead atoms. The van der Waals surface area contributed by atoms with Crippen LogP contribution in [-0.4, -0.2) is 7.25 Å². The van der Waals surface area contributed by atoms with Crippen molar-refractivity contribution in [2.45, 2.75) is 64.7 Å². The van der Waals surface area contributed by atoms with Crippen molar-refractivity contribution < 1.29 is 21.8 Å². The van der Waals surface area contributed by atoms with Gasteiger partial charge in [-0.15, -0.1) is 0 Å². The van der Waals surface area contributed by atoms with Gasteiger partial charge in [-0.3, -0.25) is 0 Å². The van der Waals surface area contributed by atoms with Crippen LogP contribution in [-0.2, 0) is 12.8 Å². The first-order chi connectivity index (χ1) is 18.1. The maximum atomic E-state index is 9.75. The van der Waals surface area contributed by atoms with E-state index in [1.165, 1.54) is 65.6 Å². The number of aromatic nitrogens is 1. The minimum Gasteiger partial charge on any atom is -0.418 e. The minimum absolute atomic E-state index is 0.330. The van der Waals surface area contributed by atoms with E-state index in [2.05, 4.69) is 104 Å². The maximum absolute atomic E-state index is 9.75. The second kappa shape index (κ2) is 12.3. The Labute approximate surface area is 227 Å². The summed E-state index contributed by atoms with van der Waals surface area (Å²) >= 11 is 1.96. The summed E-state index contributed by atoms with van der Waals surface area (Å²) in [6.07, 6.45) is 6.37. The lowest BCUT2D eigenvalue weighted by atomic mass is 9.84. The third-order valence-corrected chi connectivity index (χ3v) is 8.36. The van der Waals surface area contributed by atoms with Gasteiger partial charge in [0.25, 0.3) is 0 Å². The molecule has 2 atom stereocenters. The van der Waals surface area contributed by atoms with E-state index in [9.17, 15) is 17.3 Å². The normalized spacial score (nSPS) is 15.0. The summed E-state index contributed by atoms with van der Waals surface area (Å²) in [5.74, 6) is 0.660. The van der Waals surface area contributed by atoms with Crippen LogP contribution in [0.1, 0.15) is 83.3 Å². The maximum Gasteiger partial charge on any atom is 0.673 e. The molecule has 1 nitrogen and oxygen atoms in total. The van der Waals surface area contributed by atoms with Crippen molar-refractivity contribution in [2.24, 2.45) is 0 Å². The summed E-state index contributed by atoms with van der Waals surface area (Å²) in [6, 6.07) is 26.9. The molecule has 5 rings (SSSR count). The Hall–Kier alpha value is -2.93. The Morgan fingerprint density at radius 3 is 1.71 bits per heavy atom. The monoisotopic (exact) mass is 539 g/mol. The van der Waals surface area contributed by atoms with Gasteiger partial charge in [-0.1, -0.05) is 97.8 Å². The van der Waals surface area contributed by atoms with Crippen LogP contribution in [0.5, 0.6) is 0 Å². The van der Waals surface area contributed by atoms with Gasteiger partial charge in [-0.25, -0.2) is 0 Å². The van der Waals surface area contributed by atoms with Crippen LogP contribution in [0.4, 0.5) is 17.3 Å². The van der Waals surface area contributed by atoms with Crippen molar-refractivity contribution in [1.29, 1.82) is 0 Å². The van der Waals surface area contributed by atoms with Crippen LogP contribution < -0.4 is 4.57 Å². The summed E-state index contributed by atoms with van der Waals surface area (Å²) in [5, 5.41) is 0. The molecular weight excluding hydrogens is 505 g/mol.